The van der Waals surface area contributed by atoms with Gasteiger partial charge in [0, 0.05) is 25.6 Å². The van der Waals surface area contributed by atoms with E-state index in [1.807, 2.05) is 29.2 Å². The van der Waals surface area contributed by atoms with Crippen molar-refractivity contribution in [3.8, 4) is 17.2 Å². The fourth-order valence-electron chi connectivity index (χ4n) is 3.60. The molecular formula is C22H28N2O4. The molecule has 0 bridgehead atoms. The van der Waals surface area contributed by atoms with Crippen molar-refractivity contribution in [1.29, 1.82) is 0 Å². The third-order valence-electron chi connectivity index (χ3n) is 5.30. The maximum absolute atomic E-state index is 12.9. The Morgan fingerprint density at radius 3 is 2.36 bits per heavy atom. The first-order valence-corrected chi connectivity index (χ1v) is 9.46. The minimum atomic E-state index is -0.391. The molecular weight excluding hydrogens is 356 g/mol. The predicted octanol–water partition coefficient (Wildman–Crippen LogP) is 2.73. The van der Waals surface area contributed by atoms with E-state index in [2.05, 4.69) is 12.1 Å². The third-order valence-corrected chi connectivity index (χ3v) is 5.30. The van der Waals surface area contributed by atoms with E-state index in [1.165, 1.54) is 11.1 Å². The van der Waals surface area contributed by atoms with Gasteiger partial charge in [-0.1, -0.05) is 12.1 Å². The van der Waals surface area contributed by atoms with Gasteiger partial charge < -0.3 is 24.8 Å². The van der Waals surface area contributed by atoms with E-state index >= 15 is 0 Å². The summed E-state index contributed by atoms with van der Waals surface area (Å²) >= 11 is 0. The Morgan fingerprint density at radius 1 is 0.964 bits per heavy atom. The van der Waals surface area contributed by atoms with E-state index < -0.39 is 6.04 Å². The highest BCUT2D eigenvalue weighted by atomic mass is 16.5. The fraction of sp³-hybridized carbons (Fsp3) is 0.409. The zero-order valence-corrected chi connectivity index (χ0v) is 16.7. The van der Waals surface area contributed by atoms with Gasteiger partial charge in [-0.05, 0) is 53.8 Å². The van der Waals surface area contributed by atoms with E-state index in [4.69, 9.17) is 19.9 Å². The number of amides is 1. The summed E-state index contributed by atoms with van der Waals surface area (Å²) < 4.78 is 15.9. The van der Waals surface area contributed by atoms with Gasteiger partial charge in [0.2, 0.25) is 5.91 Å². The molecule has 1 aliphatic heterocycles. The molecule has 0 spiro atoms. The minimum Gasteiger partial charge on any atom is -0.497 e. The first-order chi connectivity index (χ1) is 13.5. The Balaban J connectivity index is 1.65. The number of carbonyl (C=O) groups is 1. The van der Waals surface area contributed by atoms with Crippen molar-refractivity contribution >= 4 is 5.91 Å². The third kappa shape index (κ3) is 4.39. The van der Waals surface area contributed by atoms with Crippen LogP contribution >= 0.6 is 0 Å². The van der Waals surface area contributed by atoms with Gasteiger partial charge in [-0.3, -0.25) is 4.79 Å². The molecule has 1 amide bonds. The van der Waals surface area contributed by atoms with E-state index in [9.17, 15) is 4.79 Å². The number of nitrogens with zero attached hydrogens (tertiary/aromatic N) is 1. The first-order valence-electron chi connectivity index (χ1n) is 9.46. The molecule has 150 valence electrons. The Labute approximate surface area is 166 Å². The smallest absolute Gasteiger partial charge is 0.224 e. The lowest BCUT2D eigenvalue weighted by atomic mass is 10.0. The predicted molar refractivity (Wildman–Crippen MR) is 108 cm³/mol. The normalized spacial score (nSPS) is 14.6. The molecule has 2 aromatic carbocycles. The summed E-state index contributed by atoms with van der Waals surface area (Å²) in [7, 11) is 4.85. The largest absolute Gasteiger partial charge is 0.497 e. The Bertz CT molecular complexity index is 837. The maximum atomic E-state index is 12.9. The minimum absolute atomic E-state index is 0.0713. The fourth-order valence-corrected chi connectivity index (χ4v) is 3.60. The van der Waals surface area contributed by atoms with Gasteiger partial charge >= 0.3 is 0 Å². The summed E-state index contributed by atoms with van der Waals surface area (Å²) in [5.41, 5.74) is 9.70. The highest BCUT2D eigenvalue weighted by Crippen LogP contribution is 2.30. The SMILES string of the molecule is COc1ccc2c(c1)CCN(C(=O)C[C@@H](N)c1ccc(OC)c(OC)c1)CC2. The molecule has 1 atom stereocenters. The van der Waals surface area contributed by atoms with E-state index in [0.717, 1.165) is 24.2 Å². The molecule has 0 radical (unpaired) electrons. The summed E-state index contributed by atoms with van der Waals surface area (Å²) in [6.45, 7) is 1.40. The lowest BCUT2D eigenvalue weighted by Gasteiger charge is -2.22. The van der Waals surface area contributed by atoms with Crippen LogP contribution in [0.4, 0.5) is 0 Å². The number of methoxy groups -OCH3 is 3. The molecule has 0 aromatic heterocycles. The number of rotatable bonds is 6. The Kier molecular flexibility index (Phi) is 6.41. The number of benzene rings is 2. The summed E-state index contributed by atoms with van der Waals surface area (Å²) in [4.78, 5) is 14.8. The molecule has 0 unspecified atom stereocenters. The molecule has 3 rings (SSSR count). The molecule has 6 heteroatoms. The van der Waals surface area contributed by atoms with Gasteiger partial charge in [-0.2, -0.15) is 0 Å². The van der Waals surface area contributed by atoms with Gasteiger partial charge in [0.1, 0.15) is 5.75 Å². The monoisotopic (exact) mass is 384 g/mol. The summed E-state index contributed by atoms with van der Waals surface area (Å²) in [6.07, 6.45) is 1.93. The molecule has 2 N–H and O–H groups in total. The summed E-state index contributed by atoms with van der Waals surface area (Å²) in [6, 6.07) is 11.3. The highest BCUT2D eigenvalue weighted by molar-refractivity contribution is 5.77. The van der Waals surface area contributed by atoms with Crippen molar-refractivity contribution in [2.45, 2.75) is 25.3 Å². The Hall–Kier alpha value is -2.73. The quantitative estimate of drug-likeness (QED) is 0.829. The van der Waals surface area contributed by atoms with Crippen LogP contribution in [-0.2, 0) is 17.6 Å². The number of fused-ring (bicyclic) bond motifs is 1. The highest BCUT2D eigenvalue weighted by Gasteiger charge is 2.22. The van der Waals surface area contributed by atoms with Crippen LogP contribution in [0, 0.1) is 0 Å². The lowest BCUT2D eigenvalue weighted by molar-refractivity contribution is -0.131. The Morgan fingerprint density at radius 2 is 1.68 bits per heavy atom. The molecule has 0 saturated heterocycles. The molecule has 2 aromatic rings. The van der Waals surface area contributed by atoms with Crippen molar-refractivity contribution in [3.63, 3.8) is 0 Å². The van der Waals surface area contributed by atoms with Crippen LogP contribution in [0.3, 0.4) is 0 Å². The zero-order chi connectivity index (χ0) is 20.1. The molecule has 0 fully saturated rings. The van der Waals surface area contributed by atoms with Crippen LogP contribution in [-0.4, -0.2) is 45.2 Å². The lowest BCUT2D eigenvalue weighted by Crippen LogP contribution is -2.35. The molecule has 1 heterocycles. The van der Waals surface area contributed by atoms with Crippen molar-refractivity contribution in [1.82, 2.24) is 4.90 Å². The van der Waals surface area contributed by atoms with Crippen LogP contribution in [0.25, 0.3) is 0 Å². The topological polar surface area (TPSA) is 74.0 Å². The van der Waals surface area contributed by atoms with Crippen LogP contribution in [0.15, 0.2) is 36.4 Å². The van der Waals surface area contributed by atoms with Crippen LogP contribution in [0.2, 0.25) is 0 Å². The first kappa shape index (κ1) is 20.0. The second-order valence-corrected chi connectivity index (χ2v) is 6.94. The number of ether oxygens (including phenoxy) is 3. The van der Waals surface area contributed by atoms with Gasteiger partial charge in [0.15, 0.2) is 11.5 Å². The summed E-state index contributed by atoms with van der Waals surface area (Å²) in [5.74, 6) is 2.18. The van der Waals surface area contributed by atoms with Crippen molar-refractivity contribution in [2.75, 3.05) is 34.4 Å². The molecule has 1 aliphatic rings. The maximum Gasteiger partial charge on any atom is 0.224 e. The zero-order valence-electron chi connectivity index (χ0n) is 16.7. The molecule has 6 nitrogen and oxygen atoms in total. The van der Waals surface area contributed by atoms with Crippen molar-refractivity contribution in [3.05, 3.63) is 53.1 Å². The number of hydrogen-bond acceptors (Lipinski definition) is 5. The molecule has 28 heavy (non-hydrogen) atoms. The van der Waals surface area contributed by atoms with Crippen molar-refractivity contribution < 1.29 is 19.0 Å². The number of carbonyl (C=O) groups excluding carboxylic acids is 1. The van der Waals surface area contributed by atoms with Gasteiger partial charge in [0.25, 0.3) is 0 Å². The van der Waals surface area contributed by atoms with E-state index in [-0.39, 0.29) is 12.3 Å². The van der Waals surface area contributed by atoms with Gasteiger partial charge in [-0.15, -0.1) is 0 Å². The average molecular weight is 384 g/mol. The van der Waals surface area contributed by atoms with Crippen LogP contribution in [0.1, 0.15) is 29.2 Å². The van der Waals surface area contributed by atoms with Crippen LogP contribution in [0.5, 0.6) is 17.2 Å². The second kappa shape index (κ2) is 8.97. The van der Waals surface area contributed by atoms with E-state index in [0.29, 0.717) is 24.6 Å². The van der Waals surface area contributed by atoms with E-state index in [1.54, 1.807) is 21.3 Å². The number of hydrogen-bond donors (Lipinski definition) is 1. The van der Waals surface area contributed by atoms with Crippen LogP contribution < -0.4 is 19.9 Å². The second-order valence-electron chi connectivity index (χ2n) is 6.94. The molecule has 0 saturated carbocycles. The number of nitrogens with two attached hydrogens (primary N) is 1. The molecule has 0 aliphatic carbocycles. The average Bonchev–Trinajstić information content (AvgIpc) is 2.95. The van der Waals surface area contributed by atoms with Gasteiger partial charge in [-0.25, -0.2) is 0 Å². The standard InChI is InChI=1S/C22H28N2O4/c1-26-18-6-4-15-8-10-24(11-9-16(15)12-18)22(25)14-19(23)17-5-7-20(27-2)21(13-17)28-3/h4-7,12-13,19H,8-11,14,23H2,1-3H3/t19-/m1/s1. The van der Waals surface area contributed by atoms with Crippen molar-refractivity contribution in [2.24, 2.45) is 5.73 Å². The summed E-state index contributed by atoms with van der Waals surface area (Å²) in [5, 5.41) is 0. The van der Waals surface area contributed by atoms with Gasteiger partial charge in [0.05, 0.1) is 21.3 Å².